The molecular formula is C13H19N3O3S. The van der Waals surface area contributed by atoms with Crippen LogP contribution in [0.4, 0.5) is 10.7 Å². The van der Waals surface area contributed by atoms with Gasteiger partial charge >= 0.3 is 5.97 Å². The van der Waals surface area contributed by atoms with Crippen molar-refractivity contribution in [2.24, 2.45) is 0 Å². The Labute approximate surface area is 121 Å². The van der Waals surface area contributed by atoms with Crippen molar-refractivity contribution in [3.05, 3.63) is 10.4 Å². The number of amides is 1. The fourth-order valence-electron chi connectivity index (χ4n) is 1.79. The van der Waals surface area contributed by atoms with Gasteiger partial charge in [0.05, 0.1) is 12.8 Å². The average molecular weight is 297 g/mol. The number of thiophene rings is 1. The van der Waals surface area contributed by atoms with Gasteiger partial charge in [0.25, 0.3) is 5.91 Å². The monoisotopic (exact) mass is 297 g/mol. The SMILES string of the molecule is CCN(C)c1sc(C(=O)NC2CC2)c(N)c1C(=O)OC. The smallest absolute Gasteiger partial charge is 0.343 e. The molecule has 0 bridgehead atoms. The first-order valence-corrected chi connectivity index (χ1v) is 7.33. The summed E-state index contributed by atoms with van der Waals surface area (Å²) in [4.78, 5) is 26.3. The standard InChI is InChI=1S/C13H19N3O3S/c1-4-16(2)12-8(13(18)19-3)9(14)10(20-12)11(17)15-7-5-6-7/h7H,4-6,14H2,1-3H3,(H,15,17). The van der Waals surface area contributed by atoms with Crippen LogP contribution < -0.4 is 16.0 Å². The maximum absolute atomic E-state index is 12.2. The van der Waals surface area contributed by atoms with Crippen LogP contribution in [0.5, 0.6) is 0 Å². The molecule has 1 amide bonds. The molecule has 1 fully saturated rings. The maximum Gasteiger partial charge on any atom is 0.343 e. The van der Waals surface area contributed by atoms with E-state index in [0.717, 1.165) is 12.8 Å². The highest BCUT2D eigenvalue weighted by Gasteiger charge is 2.30. The predicted molar refractivity (Wildman–Crippen MR) is 79.5 cm³/mol. The first-order valence-electron chi connectivity index (χ1n) is 6.52. The van der Waals surface area contributed by atoms with Crippen molar-refractivity contribution in [1.29, 1.82) is 0 Å². The zero-order valence-corrected chi connectivity index (χ0v) is 12.7. The summed E-state index contributed by atoms with van der Waals surface area (Å²) in [6.45, 7) is 2.66. The molecule has 0 spiro atoms. The second-order valence-electron chi connectivity index (χ2n) is 4.78. The lowest BCUT2D eigenvalue weighted by atomic mass is 10.2. The molecule has 0 atom stereocenters. The highest BCUT2D eigenvalue weighted by atomic mass is 32.1. The third-order valence-electron chi connectivity index (χ3n) is 3.26. The molecular weight excluding hydrogens is 278 g/mol. The molecule has 0 radical (unpaired) electrons. The van der Waals surface area contributed by atoms with Gasteiger partial charge in [0, 0.05) is 19.6 Å². The quantitative estimate of drug-likeness (QED) is 0.804. The highest BCUT2D eigenvalue weighted by Crippen LogP contribution is 2.38. The second kappa shape index (κ2) is 5.70. The summed E-state index contributed by atoms with van der Waals surface area (Å²) in [6.07, 6.45) is 2.01. The molecule has 1 aromatic heterocycles. The molecule has 1 saturated carbocycles. The molecule has 1 heterocycles. The summed E-state index contributed by atoms with van der Waals surface area (Å²) in [5, 5.41) is 3.55. The Kier molecular flexibility index (Phi) is 4.17. The molecule has 1 aliphatic rings. The summed E-state index contributed by atoms with van der Waals surface area (Å²) in [6, 6.07) is 0.248. The number of rotatable bonds is 5. The summed E-state index contributed by atoms with van der Waals surface area (Å²) >= 11 is 1.23. The first kappa shape index (κ1) is 14.6. The Hall–Kier alpha value is -1.76. The molecule has 6 nitrogen and oxygen atoms in total. The Balaban J connectivity index is 2.39. The molecule has 0 aromatic carbocycles. The van der Waals surface area contributed by atoms with Crippen molar-refractivity contribution in [3.63, 3.8) is 0 Å². The summed E-state index contributed by atoms with van der Waals surface area (Å²) in [7, 11) is 3.15. The van der Waals surface area contributed by atoms with Gasteiger partial charge in [-0.25, -0.2) is 4.79 Å². The summed E-state index contributed by atoms with van der Waals surface area (Å²) < 4.78 is 4.77. The lowest BCUT2D eigenvalue weighted by molar-refractivity contribution is 0.0603. The van der Waals surface area contributed by atoms with Gasteiger partial charge in [-0.1, -0.05) is 0 Å². The number of carbonyl (C=O) groups excluding carboxylic acids is 2. The van der Waals surface area contributed by atoms with Gasteiger partial charge < -0.3 is 20.7 Å². The van der Waals surface area contributed by atoms with E-state index in [1.807, 2.05) is 18.9 Å². The van der Waals surface area contributed by atoms with Crippen LogP contribution in [0.3, 0.4) is 0 Å². The van der Waals surface area contributed by atoms with Crippen LogP contribution in [-0.4, -0.2) is 38.6 Å². The van der Waals surface area contributed by atoms with Crippen molar-refractivity contribution < 1.29 is 14.3 Å². The topological polar surface area (TPSA) is 84.7 Å². The largest absolute Gasteiger partial charge is 0.465 e. The summed E-state index contributed by atoms with van der Waals surface area (Å²) in [5.74, 6) is -0.726. The van der Waals surface area contributed by atoms with Crippen LogP contribution in [0.2, 0.25) is 0 Å². The zero-order valence-electron chi connectivity index (χ0n) is 11.9. The minimum atomic E-state index is -0.514. The molecule has 0 saturated heterocycles. The second-order valence-corrected chi connectivity index (χ2v) is 5.78. The number of esters is 1. The van der Waals surface area contributed by atoms with Crippen LogP contribution in [0, 0.1) is 0 Å². The number of methoxy groups -OCH3 is 1. The van der Waals surface area contributed by atoms with E-state index in [1.165, 1.54) is 18.4 Å². The number of nitrogen functional groups attached to an aromatic ring is 1. The molecule has 20 heavy (non-hydrogen) atoms. The Morgan fingerprint density at radius 2 is 2.15 bits per heavy atom. The number of ether oxygens (including phenoxy) is 1. The van der Waals surface area contributed by atoms with Gasteiger partial charge in [0.15, 0.2) is 0 Å². The van der Waals surface area contributed by atoms with E-state index in [2.05, 4.69) is 5.32 Å². The van der Waals surface area contributed by atoms with Crippen LogP contribution in [0.15, 0.2) is 0 Å². The molecule has 1 aliphatic carbocycles. The van der Waals surface area contributed by atoms with Gasteiger partial charge in [-0.15, -0.1) is 11.3 Å². The average Bonchev–Trinajstić information content (AvgIpc) is 3.18. The minimum Gasteiger partial charge on any atom is -0.465 e. The van der Waals surface area contributed by atoms with E-state index >= 15 is 0 Å². The van der Waals surface area contributed by atoms with Gasteiger partial charge in [0.2, 0.25) is 0 Å². The Morgan fingerprint density at radius 1 is 1.50 bits per heavy atom. The van der Waals surface area contributed by atoms with E-state index < -0.39 is 5.97 Å². The first-order chi connectivity index (χ1) is 9.49. The van der Waals surface area contributed by atoms with Gasteiger partial charge in [-0.05, 0) is 19.8 Å². The van der Waals surface area contributed by atoms with Gasteiger partial charge in [-0.3, -0.25) is 4.79 Å². The fourth-order valence-corrected chi connectivity index (χ4v) is 2.93. The number of nitrogens with one attached hydrogen (secondary N) is 1. The van der Waals surface area contributed by atoms with Crippen molar-refractivity contribution >= 4 is 33.9 Å². The maximum atomic E-state index is 12.2. The number of nitrogens with zero attached hydrogens (tertiary/aromatic N) is 1. The minimum absolute atomic E-state index is 0.204. The molecule has 0 aliphatic heterocycles. The Morgan fingerprint density at radius 3 is 2.65 bits per heavy atom. The third-order valence-corrected chi connectivity index (χ3v) is 4.57. The fraction of sp³-hybridized carbons (Fsp3) is 0.538. The molecule has 0 unspecified atom stereocenters. The molecule has 2 rings (SSSR count). The lowest BCUT2D eigenvalue weighted by Crippen LogP contribution is -2.25. The van der Waals surface area contributed by atoms with Crippen molar-refractivity contribution in [2.45, 2.75) is 25.8 Å². The van der Waals surface area contributed by atoms with Crippen LogP contribution >= 0.6 is 11.3 Å². The van der Waals surface area contributed by atoms with E-state index in [4.69, 9.17) is 10.5 Å². The predicted octanol–water partition coefficient (Wildman–Crippen LogP) is 1.47. The molecule has 3 N–H and O–H groups in total. The van der Waals surface area contributed by atoms with Crippen molar-refractivity contribution in [2.75, 3.05) is 31.3 Å². The lowest BCUT2D eigenvalue weighted by Gasteiger charge is -2.15. The van der Waals surface area contributed by atoms with E-state index in [9.17, 15) is 9.59 Å². The highest BCUT2D eigenvalue weighted by molar-refractivity contribution is 7.19. The summed E-state index contributed by atoms with van der Waals surface area (Å²) in [5.41, 5.74) is 6.48. The van der Waals surface area contributed by atoms with E-state index in [0.29, 0.717) is 16.4 Å². The number of hydrogen-bond acceptors (Lipinski definition) is 6. The number of carbonyl (C=O) groups is 2. The molecule has 110 valence electrons. The Bertz CT molecular complexity index is 537. The van der Waals surface area contributed by atoms with Crippen LogP contribution in [0.25, 0.3) is 0 Å². The van der Waals surface area contributed by atoms with Crippen molar-refractivity contribution in [1.82, 2.24) is 5.32 Å². The number of hydrogen-bond donors (Lipinski definition) is 2. The van der Waals surface area contributed by atoms with Crippen LogP contribution in [-0.2, 0) is 4.74 Å². The zero-order chi connectivity index (χ0) is 14.9. The van der Waals surface area contributed by atoms with Gasteiger partial charge in [-0.2, -0.15) is 0 Å². The number of nitrogens with two attached hydrogens (primary N) is 1. The molecule has 7 heteroatoms. The van der Waals surface area contributed by atoms with E-state index in [-0.39, 0.29) is 23.2 Å². The molecule has 1 aromatic rings. The van der Waals surface area contributed by atoms with Crippen molar-refractivity contribution in [3.8, 4) is 0 Å². The van der Waals surface area contributed by atoms with Crippen LogP contribution in [0.1, 0.15) is 39.8 Å². The van der Waals surface area contributed by atoms with E-state index in [1.54, 1.807) is 0 Å². The van der Waals surface area contributed by atoms with Gasteiger partial charge in [0.1, 0.15) is 15.4 Å². The third kappa shape index (κ3) is 2.72. The number of anilines is 2. The normalized spacial score (nSPS) is 13.9.